The van der Waals surface area contributed by atoms with E-state index in [4.69, 9.17) is 9.47 Å². The predicted octanol–water partition coefficient (Wildman–Crippen LogP) is 4.10. The van der Waals surface area contributed by atoms with Crippen molar-refractivity contribution in [3.8, 4) is 11.5 Å². The number of ketones is 1. The third-order valence-corrected chi connectivity index (χ3v) is 5.00. The molecule has 0 spiro atoms. The molecule has 0 saturated heterocycles. The number of hydrogen-bond donors (Lipinski definition) is 1. The molecule has 0 saturated carbocycles. The number of carbonyl (C=O) groups excluding carboxylic acids is 2. The first-order valence-corrected chi connectivity index (χ1v) is 9.19. The van der Waals surface area contributed by atoms with Gasteiger partial charge in [-0.3, -0.25) is 9.59 Å². The number of carbonyl (C=O) groups is 2. The van der Waals surface area contributed by atoms with E-state index in [1.807, 2.05) is 31.2 Å². The number of aryl methyl sites for hydroxylation is 3. The van der Waals surface area contributed by atoms with E-state index in [2.05, 4.69) is 5.32 Å². The van der Waals surface area contributed by atoms with E-state index in [1.165, 1.54) is 11.1 Å². The normalized spacial score (nSPS) is 12.4. The Morgan fingerprint density at radius 3 is 2.41 bits per heavy atom. The zero-order valence-corrected chi connectivity index (χ0v) is 16.1. The second-order valence-corrected chi connectivity index (χ2v) is 6.83. The van der Waals surface area contributed by atoms with Crippen LogP contribution in [0.25, 0.3) is 0 Å². The number of nitrogens with one attached hydrogen (secondary N) is 1. The molecule has 27 heavy (non-hydrogen) atoms. The summed E-state index contributed by atoms with van der Waals surface area (Å²) in [6.07, 6.45) is 3.62. The zero-order chi connectivity index (χ0) is 19.4. The van der Waals surface area contributed by atoms with Crippen LogP contribution in [0.2, 0.25) is 0 Å². The van der Waals surface area contributed by atoms with Gasteiger partial charge < -0.3 is 14.8 Å². The smallest absolute Gasteiger partial charge is 0.224 e. The highest BCUT2D eigenvalue weighted by Gasteiger charge is 2.16. The summed E-state index contributed by atoms with van der Waals surface area (Å²) >= 11 is 0. The number of ether oxygens (including phenoxy) is 2. The van der Waals surface area contributed by atoms with Gasteiger partial charge >= 0.3 is 0 Å². The lowest BCUT2D eigenvalue weighted by atomic mass is 10.0. The molecule has 2 aromatic rings. The topological polar surface area (TPSA) is 64.6 Å². The number of methoxy groups -OCH3 is 2. The lowest BCUT2D eigenvalue weighted by Gasteiger charge is -2.13. The second kappa shape index (κ2) is 8.25. The van der Waals surface area contributed by atoms with Crippen LogP contribution in [0.5, 0.6) is 11.5 Å². The highest BCUT2D eigenvalue weighted by atomic mass is 16.5. The number of hydrogen-bond acceptors (Lipinski definition) is 4. The first-order chi connectivity index (χ1) is 13.0. The molecule has 0 aromatic heterocycles. The highest BCUT2D eigenvalue weighted by molar-refractivity contribution is 6.00. The molecule has 1 aliphatic rings. The van der Waals surface area contributed by atoms with E-state index in [-0.39, 0.29) is 24.5 Å². The van der Waals surface area contributed by atoms with E-state index >= 15 is 0 Å². The molecular formula is C22H25NO4. The van der Waals surface area contributed by atoms with Crippen molar-refractivity contribution in [1.29, 1.82) is 0 Å². The average Bonchev–Trinajstić information content (AvgIpc) is 3.15. The molecule has 0 radical (unpaired) electrons. The van der Waals surface area contributed by atoms with Crippen molar-refractivity contribution in [1.82, 2.24) is 0 Å². The van der Waals surface area contributed by atoms with Gasteiger partial charge in [0.2, 0.25) is 5.91 Å². The largest absolute Gasteiger partial charge is 0.493 e. The summed E-state index contributed by atoms with van der Waals surface area (Å²) in [4.78, 5) is 24.7. The van der Waals surface area contributed by atoms with Gasteiger partial charge in [0.25, 0.3) is 0 Å². The number of benzene rings is 2. The van der Waals surface area contributed by atoms with Crippen LogP contribution in [0.1, 0.15) is 46.3 Å². The summed E-state index contributed by atoms with van der Waals surface area (Å²) in [6, 6.07) is 9.45. The number of anilines is 1. The molecule has 2 aromatic carbocycles. The maximum Gasteiger partial charge on any atom is 0.224 e. The Hall–Kier alpha value is -2.82. The van der Waals surface area contributed by atoms with Gasteiger partial charge in [-0.25, -0.2) is 0 Å². The van der Waals surface area contributed by atoms with Gasteiger partial charge in [0.05, 0.1) is 14.2 Å². The van der Waals surface area contributed by atoms with Crippen molar-refractivity contribution in [2.75, 3.05) is 19.5 Å². The van der Waals surface area contributed by atoms with Gasteiger partial charge in [0, 0.05) is 30.2 Å². The summed E-state index contributed by atoms with van der Waals surface area (Å²) in [5, 5.41) is 2.86. The van der Waals surface area contributed by atoms with Crippen LogP contribution in [0.3, 0.4) is 0 Å². The van der Waals surface area contributed by atoms with E-state index < -0.39 is 0 Å². The Labute approximate surface area is 159 Å². The van der Waals surface area contributed by atoms with Crippen molar-refractivity contribution in [2.45, 2.75) is 39.0 Å². The molecule has 3 rings (SSSR count). The fourth-order valence-corrected chi connectivity index (χ4v) is 3.44. The van der Waals surface area contributed by atoms with Gasteiger partial charge in [0.15, 0.2) is 17.3 Å². The van der Waals surface area contributed by atoms with Crippen molar-refractivity contribution < 1.29 is 19.1 Å². The number of fused-ring (bicyclic) bond motifs is 1. The minimum atomic E-state index is -0.195. The Bertz CT molecular complexity index is 873. The van der Waals surface area contributed by atoms with Crippen molar-refractivity contribution >= 4 is 17.4 Å². The summed E-state index contributed by atoms with van der Waals surface area (Å²) in [6.45, 7) is 1.88. The van der Waals surface area contributed by atoms with E-state index in [9.17, 15) is 9.59 Å². The minimum Gasteiger partial charge on any atom is -0.493 e. The van der Waals surface area contributed by atoms with E-state index in [0.717, 1.165) is 24.8 Å². The zero-order valence-electron chi connectivity index (χ0n) is 16.1. The average molecular weight is 367 g/mol. The molecule has 1 N–H and O–H groups in total. The number of Topliss-reactive ketones (excluding diaryl/α,β-unsaturated/α-hetero) is 1. The predicted molar refractivity (Wildman–Crippen MR) is 105 cm³/mol. The summed E-state index contributed by atoms with van der Waals surface area (Å²) in [5.74, 6) is 0.969. The van der Waals surface area contributed by atoms with Crippen LogP contribution in [0, 0.1) is 6.92 Å². The van der Waals surface area contributed by atoms with Gasteiger partial charge in [-0.1, -0.05) is 12.1 Å². The van der Waals surface area contributed by atoms with Gasteiger partial charge in [0.1, 0.15) is 0 Å². The maximum absolute atomic E-state index is 12.4. The molecule has 5 heteroatoms. The molecule has 5 nitrogen and oxygen atoms in total. The summed E-state index contributed by atoms with van der Waals surface area (Å²) < 4.78 is 10.5. The first-order valence-electron chi connectivity index (χ1n) is 9.19. The molecule has 1 aliphatic carbocycles. The molecule has 1 amide bonds. The summed E-state index contributed by atoms with van der Waals surface area (Å²) in [7, 11) is 3.12. The van der Waals surface area contributed by atoms with Crippen molar-refractivity contribution in [2.24, 2.45) is 0 Å². The molecule has 0 aliphatic heterocycles. The molecule has 0 fully saturated rings. The van der Waals surface area contributed by atoms with E-state index in [1.54, 1.807) is 20.3 Å². The van der Waals surface area contributed by atoms with Crippen LogP contribution in [0.4, 0.5) is 5.69 Å². The van der Waals surface area contributed by atoms with Crippen molar-refractivity contribution in [3.63, 3.8) is 0 Å². The number of rotatable bonds is 7. The van der Waals surface area contributed by atoms with Crippen LogP contribution < -0.4 is 14.8 Å². The first kappa shape index (κ1) is 19.0. The Balaban J connectivity index is 1.60. The Kier molecular flexibility index (Phi) is 5.79. The van der Waals surface area contributed by atoms with Crippen molar-refractivity contribution in [3.05, 3.63) is 52.6 Å². The van der Waals surface area contributed by atoms with E-state index in [0.29, 0.717) is 22.7 Å². The fraction of sp³-hybridized carbons (Fsp3) is 0.364. The lowest BCUT2D eigenvalue weighted by Crippen LogP contribution is -2.14. The molecular weight excluding hydrogens is 342 g/mol. The van der Waals surface area contributed by atoms with Gasteiger partial charge in [-0.15, -0.1) is 0 Å². The molecule has 0 bridgehead atoms. The minimum absolute atomic E-state index is 0.00360. The monoisotopic (exact) mass is 367 g/mol. The Morgan fingerprint density at radius 2 is 1.67 bits per heavy atom. The van der Waals surface area contributed by atoms with Gasteiger partial charge in [-0.05, 0) is 55.0 Å². The van der Waals surface area contributed by atoms with Crippen LogP contribution in [-0.4, -0.2) is 25.9 Å². The quantitative estimate of drug-likeness (QED) is 0.748. The van der Waals surface area contributed by atoms with Crippen LogP contribution >= 0.6 is 0 Å². The maximum atomic E-state index is 12.4. The third-order valence-electron chi connectivity index (χ3n) is 5.00. The molecule has 0 heterocycles. The van der Waals surface area contributed by atoms with Crippen LogP contribution in [-0.2, 0) is 17.6 Å². The second-order valence-electron chi connectivity index (χ2n) is 6.83. The lowest BCUT2D eigenvalue weighted by molar-refractivity contribution is -0.116. The van der Waals surface area contributed by atoms with Crippen LogP contribution in [0.15, 0.2) is 30.3 Å². The SMILES string of the molecule is COc1cc(C)c(NC(=O)CCC(=O)c2ccc3c(c2)CCC3)cc1OC. The van der Waals surface area contributed by atoms with Gasteiger partial charge in [-0.2, -0.15) is 0 Å². The third kappa shape index (κ3) is 4.30. The highest BCUT2D eigenvalue weighted by Crippen LogP contribution is 2.33. The molecule has 0 atom stereocenters. The number of amides is 1. The Morgan fingerprint density at radius 1 is 0.963 bits per heavy atom. The molecule has 0 unspecified atom stereocenters. The molecule has 142 valence electrons. The fourth-order valence-electron chi connectivity index (χ4n) is 3.44. The summed E-state index contributed by atoms with van der Waals surface area (Å²) in [5.41, 5.74) is 4.83. The standard InChI is InChI=1S/C22H25NO4/c1-14-11-20(26-2)21(27-3)13-18(14)23-22(25)10-9-19(24)17-8-7-15-5-4-6-16(15)12-17/h7-8,11-13H,4-6,9-10H2,1-3H3,(H,23,25).